The van der Waals surface area contributed by atoms with Crippen molar-refractivity contribution in [2.75, 3.05) is 11.9 Å². The first-order valence-corrected chi connectivity index (χ1v) is 6.54. The number of amides is 3. The molecule has 1 aromatic rings. The molecule has 4 N–H and O–H groups in total. The highest BCUT2D eigenvalue weighted by molar-refractivity contribution is 5.91. The fraction of sp³-hybridized carbons (Fsp3) is 0.429. The molecule has 0 aliphatic heterocycles. The van der Waals surface area contributed by atoms with Crippen LogP contribution in [0.2, 0.25) is 0 Å². The maximum Gasteiger partial charge on any atom is 0.319 e. The first kappa shape index (κ1) is 15.0. The summed E-state index contributed by atoms with van der Waals surface area (Å²) in [6, 6.07) is 6.88. The average molecular weight is 263 g/mol. The van der Waals surface area contributed by atoms with Gasteiger partial charge in [0.15, 0.2) is 0 Å². The zero-order valence-electron chi connectivity index (χ0n) is 11.2. The lowest BCUT2D eigenvalue weighted by Gasteiger charge is -2.11. The van der Waals surface area contributed by atoms with Gasteiger partial charge in [-0.2, -0.15) is 0 Å². The van der Waals surface area contributed by atoms with Gasteiger partial charge in [0.1, 0.15) is 0 Å². The van der Waals surface area contributed by atoms with E-state index in [2.05, 4.69) is 17.6 Å². The molecule has 0 heterocycles. The summed E-state index contributed by atoms with van der Waals surface area (Å²) in [6.07, 6.45) is 3.29. The van der Waals surface area contributed by atoms with Gasteiger partial charge in [-0.05, 0) is 18.1 Å². The highest BCUT2D eigenvalue weighted by atomic mass is 16.2. The standard InChI is InChI=1S/C14H21N3O2/c1-2-3-6-9-16-14(19)17-12-8-5-4-7-11(12)10-13(15)18/h4-5,7-8H,2-3,6,9-10H2,1H3,(H2,15,18)(H2,16,17,19). The Bertz CT molecular complexity index is 432. The van der Waals surface area contributed by atoms with Crippen LogP contribution in [-0.4, -0.2) is 18.5 Å². The van der Waals surface area contributed by atoms with E-state index in [1.807, 2.05) is 6.07 Å². The van der Waals surface area contributed by atoms with Gasteiger partial charge in [-0.25, -0.2) is 4.79 Å². The number of urea groups is 1. The SMILES string of the molecule is CCCCCNC(=O)Nc1ccccc1CC(N)=O. The second-order valence-corrected chi connectivity index (χ2v) is 4.39. The van der Waals surface area contributed by atoms with Gasteiger partial charge < -0.3 is 16.4 Å². The lowest BCUT2D eigenvalue weighted by atomic mass is 10.1. The maximum absolute atomic E-state index is 11.7. The van der Waals surface area contributed by atoms with Crippen LogP contribution in [-0.2, 0) is 11.2 Å². The molecule has 3 amide bonds. The van der Waals surface area contributed by atoms with Crippen molar-refractivity contribution in [1.82, 2.24) is 5.32 Å². The lowest BCUT2D eigenvalue weighted by Crippen LogP contribution is -2.30. The zero-order valence-corrected chi connectivity index (χ0v) is 11.2. The van der Waals surface area contributed by atoms with Gasteiger partial charge in [-0.15, -0.1) is 0 Å². The topological polar surface area (TPSA) is 84.2 Å². The van der Waals surface area contributed by atoms with Crippen LogP contribution in [0.25, 0.3) is 0 Å². The molecule has 19 heavy (non-hydrogen) atoms. The number of carbonyl (C=O) groups excluding carboxylic acids is 2. The monoisotopic (exact) mass is 263 g/mol. The highest BCUT2D eigenvalue weighted by Gasteiger charge is 2.07. The van der Waals surface area contributed by atoms with Gasteiger partial charge in [0.2, 0.25) is 5.91 Å². The van der Waals surface area contributed by atoms with E-state index in [0.717, 1.165) is 24.8 Å². The molecule has 5 heteroatoms. The molecule has 0 aliphatic rings. The van der Waals surface area contributed by atoms with E-state index in [-0.39, 0.29) is 12.5 Å². The Morgan fingerprint density at radius 3 is 2.63 bits per heavy atom. The number of benzene rings is 1. The third-order valence-corrected chi connectivity index (χ3v) is 2.70. The molecule has 0 atom stereocenters. The van der Waals surface area contributed by atoms with Crippen molar-refractivity contribution in [1.29, 1.82) is 0 Å². The summed E-state index contributed by atoms with van der Waals surface area (Å²) in [7, 11) is 0. The third-order valence-electron chi connectivity index (χ3n) is 2.70. The highest BCUT2D eigenvalue weighted by Crippen LogP contribution is 2.15. The molecule has 1 aromatic carbocycles. The van der Waals surface area contributed by atoms with E-state index >= 15 is 0 Å². The molecule has 0 bridgehead atoms. The molecular formula is C14H21N3O2. The minimum absolute atomic E-state index is 0.117. The van der Waals surface area contributed by atoms with Crippen molar-refractivity contribution in [2.24, 2.45) is 5.73 Å². The molecule has 0 spiro atoms. The normalized spacial score (nSPS) is 9.95. The Labute approximate surface area is 113 Å². The van der Waals surface area contributed by atoms with E-state index in [1.54, 1.807) is 18.2 Å². The van der Waals surface area contributed by atoms with Crippen LogP contribution in [0.1, 0.15) is 31.7 Å². The number of unbranched alkanes of at least 4 members (excludes halogenated alkanes) is 2. The van der Waals surface area contributed by atoms with Crippen molar-refractivity contribution in [3.8, 4) is 0 Å². The van der Waals surface area contributed by atoms with Crippen molar-refractivity contribution >= 4 is 17.6 Å². The lowest BCUT2D eigenvalue weighted by molar-refractivity contribution is -0.117. The van der Waals surface area contributed by atoms with Crippen LogP contribution < -0.4 is 16.4 Å². The fourth-order valence-corrected chi connectivity index (χ4v) is 1.73. The fourth-order valence-electron chi connectivity index (χ4n) is 1.73. The number of para-hydroxylation sites is 1. The van der Waals surface area contributed by atoms with Crippen LogP contribution in [0.3, 0.4) is 0 Å². The summed E-state index contributed by atoms with van der Waals surface area (Å²) in [4.78, 5) is 22.6. The second kappa shape index (κ2) is 8.13. The average Bonchev–Trinajstić information content (AvgIpc) is 2.36. The Balaban J connectivity index is 2.51. The summed E-state index contributed by atoms with van der Waals surface area (Å²) < 4.78 is 0. The van der Waals surface area contributed by atoms with E-state index in [1.165, 1.54) is 0 Å². The molecular weight excluding hydrogens is 242 g/mol. The minimum Gasteiger partial charge on any atom is -0.369 e. The summed E-state index contributed by atoms with van der Waals surface area (Å²) >= 11 is 0. The van der Waals surface area contributed by atoms with Gasteiger partial charge >= 0.3 is 6.03 Å². The number of rotatable bonds is 7. The molecule has 104 valence electrons. The Hall–Kier alpha value is -2.04. The summed E-state index contributed by atoms with van der Waals surface area (Å²) in [6.45, 7) is 2.76. The number of hydrogen-bond donors (Lipinski definition) is 3. The number of nitrogens with one attached hydrogen (secondary N) is 2. The summed E-state index contributed by atoms with van der Waals surface area (Å²) in [5.41, 5.74) is 6.51. The minimum atomic E-state index is -0.419. The molecule has 0 unspecified atom stereocenters. The van der Waals surface area contributed by atoms with Crippen LogP contribution >= 0.6 is 0 Å². The molecule has 5 nitrogen and oxygen atoms in total. The molecule has 0 aromatic heterocycles. The third kappa shape index (κ3) is 5.90. The van der Waals surface area contributed by atoms with Crippen molar-refractivity contribution in [3.63, 3.8) is 0 Å². The van der Waals surface area contributed by atoms with Crippen LogP contribution in [0.15, 0.2) is 24.3 Å². The van der Waals surface area contributed by atoms with Gasteiger partial charge in [-0.3, -0.25) is 4.79 Å². The first-order valence-electron chi connectivity index (χ1n) is 6.54. The summed E-state index contributed by atoms with van der Waals surface area (Å²) in [5.74, 6) is -0.419. The molecule has 1 rings (SSSR count). The van der Waals surface area contributed by atoms with Crippen LogP contribution in [0.4, 0.5) is 10.5 Å². The number of carbonyl (C=O) groups is 2. The van der Waals surface area contributed by atoms with E-state index in [9.17, 15) is 9.59 Å². The second-order valence-electron chi connectivity index (χ2n) is 4.39. The van der Waals surface area contributed by atoms with Crippen LogP contribution in [0, 0.1) is 0 Å². The van der Waals surface area contributed by atoms with E-state index < -0.39 is 5.91 Å². The van der Waals surface area contributed by atoms with Gasteiger partial charge in [0.05, 0.1) is 6.42 Å². The predicted molar refractivity (Wildman–Crippen MR) is 75.9 cm³/mol. The predicted octanol–water partition coefficient (Wildman–Crippen LogP) is 2.03. The number of nitrogens with two attached hydrogens (primary N) is 1. The molecule has 0 saturated heterocycles. The van der Waals surface area contributed by atoms with E-state index in [4.69, 9.17) is 5.73 Å². The van der Waals surface area contributed by atoms with Crippen molar-refractivity contribution < 1.29 is 9.59 Å². The molecule has 0 fully saturated rings. The quantitative estimate of drug-likeness (QED) is 0.657. The summed E-state index contributed by atoms with van der Waals surface area (Å²) in [5, 5.41) is 5.52. The van der Waals surface area contributed by atoms with Crippen molar-refractivity contribution in [3.05, 3.63) is 29.8 Å². The number of primary amides is 1. The van der Waals surface area contributed by atoms with Gasteiger partial charge in [0.25, 0.3) is 0 Å². The molecule has 0 aliphatic carbocycles. The molecule has 0 saturated carbocycles. The Morgan fingerprint density at radius 2 is 1.95 bits per heavy atom. The Kier molecular flexibility index (Phi) is 6.43. The Morgan fingerprint density at radius 1 is 1.21 bits per heavy atom. The first-order chi connectivity index (χ1) is 9.13. The largest absolute Gasteiger partial charge is 0.369 e. The van der Waals surface area contributed by atoms with Crippen LogP contribution in [0.5, 0.6) is 0 Å². The maximum atomic E-state index is 11.7. The van der Waals surface area contributed by atoms with Gasteiger partial charge in [0, 0.05) is 12.2 Å². The van der Waals surface area contributed by atoms with E-state index in [0.29, 0.717) is 12.2 Å². The zero-order chi connectivity index (χ0) is 14.1. The van der Waals surface area contributed by atoms with Gasteiger partial charge in [-0.1, -0.05) is 38.0 Å². The smallest absolute Gasteiger partial charge is 0.319 e. The number of hydrogen-bond acceptors (Lipinski definition) is 2. The number of anilines is 1. The van der Waals surface area contributed by atoms with Crippen molar-refractivity contribution in [2.45, 2.75) is 32.6 Å². The molecule has 0 radical (unpaired) electrons.